The lowest BCUT2D eigenvalue weighted by Gasteiger charge is -2.12. The molecule has 2 aromatic rings. The Labute approximate surface area is 136 Å². The van der Waals surface area contributed by atoms with Crippen molar-refractivity contribution < 1.29 is 19.0 Å². The molecule has 0 bridgehead atoms. The molecule has 0 spiro atoms. The van der Waals surface area contributed by atoms with Gasteiger partial charge in [-0.15, -0.1) is 0 Å². The van der Waals surface area contributed by atoms with Gasteiger partial charge in [-0.25, -0.2) is 4.79 Å². The Kier molecular flexibility index (Phi) is 6.24. The molecule has 23 heavy (non-hydrogen) atoms. The fourth-order valence-electron chi connectivity index (χ4n) is 1.94. The van der Waals surface area contributed by atoms with Crippen LogP contribution in [-0.4, -0.2) is 12.6 Å². The summed E-state index contributed by atoms with van der Waals surface area (Å²) in [6.07, 6.45) is 1.32. The van der Waals surface area contributed by atoms with E-state index in [0.717, 1.165) is 5.56 Å². The number of benzene rings is 2. The zero-order valence-corrected chi connectivity index (χ0v) is 13.3. The number of carbonyl (C=O) groups excluding carboxylic acids is 1. The molecule has 0 heterocycles. The number of hydrogen-bond donors (Lipinski definition) is 0. The van der Waals surface area contributed by atoms with Crippen LogP contribution in [0.15, 0.2) is 66.4 Å². The highest BCUT2D eigenvalue weighted by atomic mass is 16.5. The number of esters is 1. The van der Waals surface area contributed by atoms with Gasteiger partial charge in [0.25, 0.3) is 0 Å². The molecule has 0 fully saturated rings. The van der Waals surface area contributed by atoms with E-state index in [1.165, 1.54) is 6.08 Å². The topological polar surface area (TPSA) is 44.8 Å². The normalized spacial score (nSPS) is 11.0. The summed E-state index contributed by atoms with van der Waals surface area (Å²) in [5, 5.41) is 0. The molecule has 120 valence electrons. The van der Waals surface area contributed by atoms with Crippen LogP contribution in [-0.2, 0) is 16.1 Å². The van der Waals surface area contributed by atoms with Crippen LogP contribution in [0.25, 0.3) is 0 Å². The Morgan fingerprint density at radius 1 is 1.00 bits per heavy atom. The fourth-order valence-corrected chi connectivity index (χ4v) is 1.94. The van der Waals surface area contributed by atoms with Gasteiger partial charge in [0.15, 0.2) is 11.5 Å². The molecule has 2 rings (SSSR count). The standard InChI is InChI=1S/C19H20O4/c1-3-21-19(20)13-15(2)23-18-12-8-7-11-17(18)22-14-16-9-5-4-6-10-16/h4-13H,3,14H2,1-2H3/b15-13-. The maximum atomic E-state index is 11.4. The highest BCUT2D eigenvalue weighted by molar-refractivity contribution is 5.82. The van der Waals surface area contributed by atoms with E-state index in [4.69, 9.17) is 14.2 Å². The maximum Gasteiger partial charge on any atom is 0.334 e. The number of allylic oxidation sites excluding steroid dienone is 1. The third kappa shape index (κ3) is 5.51. The minimum absolute atomic E-state index is 0.333. The van der Waals surface area contributed by atoms with Gasteiger partial charge in [0.2, 0.25) is 0 Å². The smallest absolute Gasteiger partial charge is 0.334 e. The first-order chi connectivity index (χ1) is 11.2. The number of ether oxygens (including phenoxy) is 3. The van der Waals surface area contributed by atoms with E-state index in [2.05, 4.69) is 0 Å². The number of hydrogen-bond acceptors (Lipinski definition) is 4. The van der Waals surface area contributed by atoms with E-state index >= 15 is 0 Å². The molecule has 0 aliphatic carbocycles. The van der Waals surface area contributed by atoms with Crippen LogP contribution in [0.3, 0.4) is 0 Å². The Hall–Kier alpha value is -2.75. The van der Waals surface area contributed by atoms with Crippen LogP contribution in [0, 0.1) is 0 Å². The van der Waals surface area contributed by atoms with Gasteiger partial charge in [0, 0.05) is 0 Å². The molecule has 4 nitrogen and oxygen atoms in total. The van der Waals surface area contributed by atoms with Crippen molar-refractivity contribution >= 4 is 5.97 Å². The summed E-state index contributed by atoms with van der Waals surface area (Å²) >= 11 is 0. The van der Waals surface area contributed by atoms with Crippen LogP contribution in [0.4, 0.5) is 0 Å². The van der Waals surface area contributed by atoms with E-state index in [1.54, 1.807) is 19.9 Å². The summed E-state index contributed by atoms with van der Waals surface area (Å²) in [5.41, 5.74) is 1.07. The molecule has 0 aliphatic rings. The van der Waals surface area contributed by atoms with Crippen molar-refractivity contribution in [1.29, 1.82) is 0 Å². The molecular weight excluding hydrogens is 292 g/mol. The molecular formula is C19H20O4. The third-order valence-corrected chi connectivity index (χ3v) is 2.96. The van der Waals surface area contributed by atoms with E-state index in [9.17, 15) is 4.79 Å². The summed E-state index contributed by atoms with van der Waals surface area (Å²) in [6, 6.07) is 17.2. The van der Waals surface area contributed by atoms with E-state index in [1.807, 2.05) is 48.5 Å². The lowest BCUT2D eigenvalue weighted by atomic mass is 10.2. The van der Waals surface area contributed by atoms with Crippen molar-refractivity contribution in [2.24, 2.45) is 0 Å². The first-order valence-corrected chi connectivity index (χ1v) is 7.47. The van der Waals surface area contributed by atoms with Crippen molar-refractivity contribution in [1.82, 2.24) is 0 Å². The second-order valence-electron chi connectivity index (χ2n) is 4.83. The molecule has 2 aromatic carbocycles. The van der Waals surface area contributed by atoms with Crippen molar-refractivity contribution in [2.45, 2.75) is 20.5 Å². The fraction of sp³-hybridized carbons (Fsp3) is 0.211. The van der Waals surface area contributed by atoms with Crippen LogP contribution >= 0.6 is 0 Å². The van der Waals surface area contributed by atoms with Gasteiger partial charge >= 0.3 is 5.97 Å². The quantitative estimate of drug-likeness (QED) is 0.438. The van der Waals surface area contributed by atoms with E-state index in [-0.39, 0.29) is 0 Å². The molecule has 0 unspecified atom stereocenters. The van der Waals surface area contributed by atoms with Crippen LogP contribution < -0.4 is 9.47 Å². The van der Waals surface area contributed by atoms with Crippen LogP contribution in [0.5, 0.6) is 11.5 Å². The largest absolute Gasteiger partial charge is 0.485 e. The first kappa shape index (κ1) is 16.6. The highest BCUT2D eigenvalue weighted by Gasteiger charge is 2.07. The minimum atomic E-state index is -0.423. The third-order valence-electron chi connectivity index (χ3n) is 2.96. The number of para-hydroxylation sites is 2. The van der Waals surface area contributed by atoms with Crippen molar-refractivity contribution in [3.05, 3.63) is 72.0 Å². The average molecular weight is 312 g/mol. The second kappa shape index (κ2) is 8.63. The predicted octanol–water partition coefficient (Wildman–Crippen LogP) is 4.11. The Morgan fingerprint density at radius 3 is 2.35 bits per heavy atom. The summed E-state index contributed by atoms with van der Waals surface area (Å²) in [4.78, 5) is 11.4. The van der Waals surface area contributed by atoms with Gasteiger partial charge in [0.1, 0.15) is 12.4 Å². The molecule has 0 atom stereocenters. The summed E-state index contributed by atoms with van der Waals surface area (Å²) in [6.45, 7) is 4.24. The van der Waals surface area contributed by atoms with Gasteiger partial charge in [-0.2, -0.15) is 0 Å². The lowest BCUT2D eigenvalue weighted by molar-refractivity contribution is -0.137. The molecule has 0 radical (unpaired) electrons. The average Bonchev–Trinajstić information content (AvgIpc) is 2.55. The predicted molar refractivity (Wildman–Crippen MR) is 88.2 cm³/mol. The Balaban J connectivity index is 2.04. The SMILES string of the molecule is CCOC(=O)/C=C(/C)Oc1ccccc1OCc1ccccc1. The van der Waals surface area contributed by atoms with E-state index in [0.29, 0.717) is 30.5 Å². The van der Waals surface area contributed by atoms with Gasteiger partial charge < -0.3 is 14.2 Å². The lowest BCUT2D eigenvalue weighted by Crippen LogP contribution is -2.03. The van der Waals surface area contributed by atoms with Gasteiger partial charge in [-0.05, 0) is 31.5 Å². The molecule has 0 saturated carbocycles. The zero-order valence-electron chi connectivity index (χ0n) is 13.3. The van der Waals surface area contributed by atoms with Crippen molar-refractivity contribution in [3.63, 3.8) is 0 Å². The summed E-state index contributed by atoms with van der Waals surface area (Å²) < 4.78 is 16.4. The van der Waals surface area contributed by atoms with Gasteiger partial charge in [-0.3, -0.25) is 0 Å². The molecule has 0 amide bonds. The monoisotopic (exact) mass is 312 g/mol. The van der Waals surface area contributed by atoms with Crippen LogP contribution in [0.1, 0.15) is 19.4 Å². The maximum absolute atomic E-state index is 11.4. The Bertz CT molecular complexity index is 662. The second-order valence-corrected chi connectivity index (χ2v) is 4.83. The van der Waals surface area contributed by atoms with Crippen molar-refractivity contribution in [3.8, 4) is 11.5 Å². The van der Waals surface area contributed by atoms with E-state index < -0.39 is 5.97 Å². The Morgan fingerprint density at radius 2 is 1.65 bits per heavy atom. The molecule has 0 aliphatic heterocycles. The number of rotatable bonds is 7. The van der Waals surface area contributed by atoms with Gasteiger partial charge in [0.05, 0.1) is 12.7 Å². The summed E-state index contributed by atoms with van der Waals surface area (Å²) in [7, 11) is 0. The zero-order chi connectivity index (χ0) is 16.5. The molecule has 0 saturated heterocycles. The highest BCUT2D eigenvalue weighted by Crippen LogP contribution is 2.28. The molecule has 4 heteroatoms. The molecule has 0 aromatic heterocycles. The first-order valence-electron chi connectivity index (χ1n) is 7.47. The van der Waals surface area contributed by atoms with Crippen LogP contribution in [0.2, 0.25) is 0 Å². The van der Waals surface area contributed by atoms with Gasteiger partial charge in [-0.1, -0.05) is 42.5 Å². The summed E-state index contributed by atoms with van der Waals surface area (Å²) in [5.74, 6) is 1.20. The minimum Gasteiger partial charge on any atom is -0.485 e. The molecule has 0 N–H and O–H groups in total. The van der Waals surface area contributed by atoms with Crippen molar-refractivity contribution in [2.75, 3.05) is 6.61 Å². The number of carbonyl (C=O) groups is 1.